The summed E-state index contributed by atoms with van der Waals surface area (Å²) in [5.74, 6) is -2.62. The molecular formula is C26H20F2N8O2. The summed E-state index contributed by atoms with van der Waals surface area (Å²) in [5.41, 5.74) is 9.59. The van der Waals surface area contributed by atoms with Crippen LogP contribution in [0.4, 0.5) is 20.3 Å². The Morgan fingerprint density at radius 2 is 1.89 bits per heavy atom. The van der Waals surface area contributed by atoms with E-state index in [-0.39, 0.29) is 17.6 Å². The summed E-state index contributed by atoms with van der Waals surface area (Å²) in [6.07, 6.45) is 3.49. The maximum Gasteiger partial charge on any atom is 0.322 e. The van der Waals surface area contributed by atoms with Crippen LogP contribution in [-0.2, 0) is 11.2 Å². The predicted octanol–water partition coefficient (Wildman–Crippen LogP) is 4.75. The van der Waals surface area contributed by atoms with Gasteiger partial charge in [0, 0.05) is 28.7 Å². The van der Waals surface area contributed by atoms with E-state index >= 15 is 4.39 Å². The maximum absolute atomic E-state index is 15.2. The van der Waals surface area contributed by atoms with Crippen LogP contribution in [0.5, 0.6) is 11.8 Å². The number of anilines is 2. The van der Waals surface area contributed by atoms with Crippen molar-refractivity contribution in [3.8, 4) is 34.1 Å². The Bertz CT molecular complexity index is 1690. The molecule has 5 rings (SSSR count). The van der Waals surface area contributed by atoms with Crippen molar-refractivity contribution >= 4 is 22.9 Å². The summed E-state index contributed by atoms with van der Waals surface area (Å²) in [5, 5.41) is 11.0. The second-order valence-electron chi connectivity index (χ2n) is 8.07. The Hall–Kier alpha value is -5.26. The summed E-state index contributed by atoms with van der Waals surface area (Å²) in [7, 11) is 0. The minimum absolute atomic E-state index is 0.0360. The molecule has 5 aromatic rings. The van der Waals surface area contributed by atoms with E-state index < -0.39 is 17.6 Å². The fourth-order valence-electron chi connectivity index (χ4n) is 3.76. The molecule has 0 fully saturated rings. The van der Waals surface area contributed by atoms with E-state index in [9.17, 15) is 9.18 Å². The highest BCUT2D eigenvalue weighted by molar-refractivity contribution is 6.02. The molecule has 2 aromatic carbocycles. The van der Waals surface area contributed by atoms with Crippen LogP contribution >= 0.6 is 0 Å². The number of hydrogen-bond donors (Lipinski definition) is 2. The molecule has 10 nitrogen and oxygen atoms in total. The van der Waals surface area contributed by atoms with Gasteiger partial charge in [-0.25, -0.2) is 18.7 Å². The molecule has 3 heterocycles. The lowest BCUT2D eigenvalue weighted by Crippen LogP contribution is -2.10. The molecule has 0 spiro atoms. The van der Waals surface area contributed by atoms with E-state index in [4.69, 9.17) is 10.5 Å². The van der Waals surface area contributed by atoms with Crippen molar-refractivity contribution in [2.24, 2.45) is 0 Å². The van der Waals surface area contributed by atoms with Gasteiger partial charge in [-0.2, -0.15) is 4.98 Å². The Morgan fingerprint density at radius 3 is 2.61 bits per heavy atom. The first-order chi connectivity index (χ1) is 18.3. The third kappa shape index (κ3) is 4.74. The lowest BCUT2D eigenvalue weighted by Gasteiger charge is -2.09. The van der Waals surface area contributed by atoms with Gasteiger partial charge in [-0.1, -0.05) is 31.7 Å². The van der Waals surface area contributed by atoms with Crippen molar-refractivity contribution in [3.63, 3.8) is 0 Å². The molecule has 0 unspecified atom stereocenters. The standard InChI is InChI=1S/C26H20F2N8O2/c1-3-17-10-11-30-26(34-17)38-20-9-6-16(12-19(20)28)21-22(35-36-23(21)24(29)31-13-32-36)15-4-7-18(8-5-15)33-25(37)14(2)27/h4-13H,2-3H2,1H3,(H,33,37)(H2,29,31,32). The average molecular weight is 514 g/mol. The first-order valence-corrected chi connectivity index (χ1v) is 11.4. The van der Waals surface area contributed by atoms with Crippen LogP contribution in [0.1, 0.15) is 12.6 Å². The van der Waals surface area contributed by atoms with E-state index in [1.165, 1.54) is 23.1 Å². The molecule has 0 saturated carbocycles. The van der Waals surface area contributed by atoms with E-state index in [1.54, 1.807) is 42.6 Å². The fourth-order valence-corrected chi connectivity index (χ4v) is 3.76. The Balaban J connectivity index is 1.55. The zero-order chi connectivity index (χ0) is 26.8. The van der Waals surface area contributed by atoms with Gasteiger partial charge in [-0.15, -0.1) is 14.8 Å². The number of nitrogen functional groups attached to an aromatic ring is 1. The lowest BCUT2D eigenvalue weighted by molar-refractivity contribution is -0.114. The first kappa shape index (κ1) is 24.4. The molecule has 0 radical (unpaired) electrons. The van der Waals surface area contributed by atoms with Crippen LogP contribution in [0.25, 0.3) is 27.9 Å². The number of nitrogens with two attached hydrogens (primary N) is 1. The minimum atomic E-state index is -1.11. The van der Waals surface area contributed by atoms with Gasteiger partial charge in [0.05, 0.1) is 0 Å². The van der Waals surface area contributed by atoms with Gasteiger partial charge in [-0.05, 0) is 42.3 Å². The van der Waals surface area contributed by atoms with Gasteiger partial charge in [0.25, 0.3) is 5.91 Å². The maximum atomic E-state index is 15.2. The lowest BCUT2D eigenvalue weighted by atomic mass is 9.99. The molecule has 0 saturated heterocycles. The third-order valence-electron chi connectivity index (χ3n) is 5.61. The van der Waals surface area contributed by atoms with E-state index in [2.05, 4.69) is 37.0 Å². The topological polar surface area (TPSA) is 133 Å². The summed E-state index contributed by atoms with van der Waals surface area (Å²) in [4.78, 5) is 23.9. The molecule has 0 bridgehead atoms. The van der Waals surface area contributed by atoms with Crippen LogP contribution in [0.15, 0.2) is 73.5 Å². The van der Waals surface area contributed by atoms with Crippen LogP contribution in [0, 0.1) is 5.82 Å². The van der Waals surface area contributed by atoms with Crippen molar-refractivity contribution in [1.29, 1.82) is 0 Å². The third-order valence-corrected chi connectivity index (χ3v) is 5.61. The van der Waals surface area contributed by atoms with Gasteiger partial charge < -0.3 is 15.8 Å². The average Bonchev–Trinajstić information content (AvgIpc) is 3.31. The molecule has 190 valence electrons. The van der Waals surface area contributed by atoms with Gasteiger partial charge >= 0.3 is 6.01 Å². The number of nitrogens with one attached hydrogen (secondary N) is 1. The van der Waals surface area contributed by atoms with Gasteiger partial charge in [0.1, 0.15) is 17.5 Å². The van der Waals surface area contributed by atoms with Gasteiger partial charge in [0.2, 0.25) is 0 Å². The van der Waals surface area contributed by atoms with E-state index in [0.29, 0.717) is 40.0 Å². The zero-order valence-electron chi connectivity index (χ0n) is 20.0. The number of aryl methyl sites for hydroxylation is 1. The summed E-state index contributed by atoms with van der Waals surface area (Å²) in [6.45, 7) is 4.92. The molecule has 0 aliphatic carbocycles. The number of benzene rings is 2. The Kier molecular flexibility index (Phi) is 6.44. The van der Waals surface area contributed by atoms with E-state index in [0.717, 1.165) is 5.69 Å². The van der Waals surface area contributed by atoms with Crippen LogP contribution in [0.3, 0.4) is 0 Å². The molecule has 12 heteroatoms. The molecule has 1 amide bonds. The molecule has 0 aliphatic rings. The smallest absolute Gasteiger partial charge is 0.322 e. The largest absolute Gasteiger partial charge is 0.421 e. The number of carbonyl (C=O) groups excluding carboxylic acids is 1. The fraction of sp³-hybridized carbons (Fsp3) is 0.0769. The number of aromatic nitrogens is 6. The van der Waals surface area contributed by atoms with Crippen LogP contribution < -0.4 is 15.8 Å². The highest BCUT2D eigenvalue weighted by atomic mass is 19.1. The van der Waals surface area contributed by atoms with Crippen molar-refractivity contribution in [2.75, 3.05) is 11.1 Å². The number of nitrogens with zero attached hydrogens (tertiary/aromatic N) is 6. The SMILES string of the molecule is C=C(F)C(=O)Nc1ccc(-c2nn3ncnc(N)c3c2-c2ccc(Oc3nccc(CC)n3)c(F)c2)cc1. The molecule has 38 heavy (non-hydrogen) atoms. The minimum Gasteiger partial charge on any atom is -0.421 e. The molecule has 3 aromatic heterocycles. The van der Waals surface area contributed by atoms with Gasteiger partial charge in [0.15, 0.2) is 23.2 Å². The van der Waals surface area contributed by atoms with E-state index in [1.807, 2.05) is 6.92 Å². The van der Waals surface area contributed by atoms with Crippen LogP contribution in [-0.4, -0.2) is 35.7 Å². The first-order valence-electron chi connectivity index (χ1n) is 11.4. The monoisotopic (exact) mass is 514 g/mol. The summed E-state index contributed by atoms with van der Waals surface area (Å²) in [6, 6.07) is 12.7. The van der Waals surface area contributed by atoms with Crippen LogP contribution in [0.2, 0.25) is 0 Å². The highest BCUT2D eigenvalue weighted by Crippen LogP contribution is 2.38. The number of fused-ring (bicyclic) bond motifs is 1. The van der Waals surface area contributed by atoms with Crippen molar-refractivity contribution in [2.45, 2.75) is 13.3 Å². The number of carbonyl (C=O) groups is 1. The molecular weight excluding hydrogens is 494 g/mol. The number of halogens is 2. The molecule has 0 atom stereocenters. The second-order valence-corrected chi connectivity index (χ2v) is 8.07. The molecule has 3 N–H and O–H groups in total. The normalized spacial score (nSPS) is 10.9. The highest BCUT2D eigenvalue weighted by Gasteiger charge is 2.21. The van der Waals surface area contributed by atoms with Gasteiger partial charge in [-0.3, -0.25) is 4.79 Å². The number of rotatable bonds is 7. The van der Waals surface area contributed by atoms with Crippen molar-refractivity contribution in [1.82, 2.24) is 29.8 Å². The second kappa shape index (κ2) is 10.0. The number of ether oxygens (including phenoxy) is 1. The molecule has 0 aliphatic heterocycles. The quantitative estimate of drug-likeness (QED) is 0.298. The zero-order valence-corrected chi connectivity index (χ0v) is 20.0. The summed E-state index contributed by atoms with van der Waals surface area (Å²) < 4.78 is 35.2. The van der Waals surface area contributed by atoms with Crippen molar-refractivity contribution in [3.05, 3.63) is 85.0 Å². The number of hydrogen-bond acceptors (Lipinski definition) is 8. The Labute approximate surface area is 214 Å². The Morgan fingerprint density at radius 1 is 1.13 bits per heavy atom. The van der Waals surface area contributed by atoms with Crippen molar-refractivity contribution < 1.29 is 18.3 Å². The number of amides is 1. The predicted molar refractivity (Wildman–Crippen MR) is 136 cm³/mol. The summed E-state index contributed by atoms with van der Waals surface area (Å²) >= 11 is 0.